The molecule has 0 spiro atoms. The molecule has 8 nitrogen and oxygen atoms in total. The molecule has 166 valence electrons. The van der Waals surface area contributed by atoms with Crippen LogP contribution < -0.4 is 20.1 Å². The van der Waals surface area contributed by atoms with E-state index in [1.165, 1.54) is 38.3 Å². The highest BCUT2D eigenvalue weighted by Crippen LogP contribution is 2.29. The lowest BCUT2D eigenvalue weighted by molar-refractivity contribution is -0.114. The van der Waals surface area contributed by atoms with Crippen LogP contribution in [0.1, 0.15) is 17.3 Å². The summed E-state index contributed by atoms with van der Waals surface area (Å²) in [5.74, 6) is -0.439. The van der Waals surface area contributed by atoms with Gasteiger partial charge in [-0.1, -0.05) is 17.7 Å². The Kier molecular flexibility index (Phi) is 7.01. The summed E-state index contributed by atoms with van der Waals surface area (Å²) in [7, 11) is -2.59. The van der Waals surface area contributed by atoms with Gasteiger partial charge in [-0.3, -0.25) is 14.3 Å². The molecule has 0 saturated heterocycles. The van der Waals surface area contributed by atoms with Crippen LogP contribution >= 0.6 is 11.6 Å². The zero-order valence-electron chi connectivity index (χ0n) is 17.2. The van der Waals surface area contributed by atoms with E-state index < -0.39 is 15.9 Å². The maximum atomic E-state index is 12.9. The van der Waals surface area contributed by atoms with Gasteiger partial charge in [0.05, 0.1) is 23.4 Å². The molecule has 0 aliphatic heterocycles. The lowest BCUT2D eigenvalue weighted by atomic mass is 10.2. The van der Waals surface area contributed by atoms with Gasteiger partial charge in [0, 0.05) is 23.2 Å². The smallest absolute Gasteiger partial charge is 0.261 e. The minimum Gasteiger partial charge on any atom is -0.495 e. The summed E-state index contributed by atoms with van der Waals surface area (Å²) >= 11 is 5.85. The molecule has 3 N–H and O–H groups in total. The van der Waals surface area contributed by atoms with E-state index in [4.69, 9.17) is 16.3 Å². The van der Waals surface area contributed by atoms with E-state index in [-0.39, 0.29) is 22.2 Å². The van der Waals surface area contributed by atoms with Gasteiger partial charge in [-0.2, -0.15) is 0 Å². The second kappa shape index (κ2) is 9.71. The van der Waals surface area contributed by atoms with E-state index in [1.807, 2.05) is 0 Å². The lowest BCUT2D eigenvalue weighted by Gasteiger charge is -2.14. The van der Waals surface area contributed by atoms with Crippen LogP contribution in [0.15, 0.2) is 71.6 Å². The minimum atomic E-state index is -4.00. The molecule has 10 heteroatoms. The Morgan fingerprint density at radius 1 is 0.906 bits per heavy atom. The molecule has 0 radical (unpaired) electrons. The lowest BCUT2D eigenvalue weighted by Crippen LogP contribution is -2.16. The number of benzene rings is 3. The SMILES string of the molecule is COc1ccc(S(=O)(=O)Nc2cccc(NC(C)=O)c2)cc1NC(=O)c1ccc(Cl)cc1. The van der Waals surface area contributed by atoms with E-state index in [9.17, 15) is 18.0 Å². The van der Waals surface area contributed by atoms with E-state index in [0.717, 1.165) is 0 Å². The van der Waals surface area contributed by atoms with Gasteiger partial charge < -0.3 is 15.4 Å². The topological polar surface area (TPSA) is 114 Å². The molecule has 0 fully saturated rings. The van der Waals surface area contributed by atoms with Gasteiger partial charge in [-0.15, -0.1) is 0 Å². The third kappa shape index (κ3) is 5.77. The summed E-state index contributed by atoms with van der Waals surface area (Å²) in [6.07, 6.45) is 0. The molecule has 3 aromatic carbocycles. The molecule has 2 amide bonds. The molecule has 0 aliphatic carbocycles. The summed E-state index contributed by atoms with van der Waals surface area (Å²) in [6.45, 7) is 1.36. The van der Waals surface area contributed by atoms with Crippen molar-refractivity contribution in [3.05, 3.63) is 77.3 Å². The van der Waals surface area contributed by atoms with Crippen molar-refractivity contribution in [2.24, 2.45) is 0 Å². The summed E-state index contributed by atoms with van der Waals surface area (Å²) in [5, 5.41) is 5.73. The summed E-state index contributed by atoms with van der Waals surface area (Å²) < 4.78 is 33.5. The van der Waals surface area contributed by atoms with E-state index >= 15 is 0 Å². The number of anilines is 3. The van der Waals surface area contributed by atoms with Crippen molar-refractivity contribution in [2.75, 3.05) is 22.5 Å². The molecule has 3 rings (SSSR count). The molecule has 0 bridgehead atoms. The molecular formula is C22H20ClN3O5S. The Morgan fingerprint density at radius 2 is 1.59 bits per heavy atom. The fraction of sp³-hybridized carbons (Fsp3) is 0.0909. The quantitative estimate of drug-likeness (QED) is 0.471. The Morgan fingerprint density at radius 3 is 2.25 bits per heavy atom. The third-order valence-corrected chi connectivity index (χ3v) is 5.90. The fourth-order valence-electron chi connectivity index (χ4n) is 2.83. The van der Waals surface area contributed by atoms with Crippen LogP contribution in [0.3, 0.4) is 0 Å². The zero-order chi connectivity index (χ0) is 23.3. The number of hydrogen-bond acceptors (Lipinski definition) is 5. The van der Waals surface area contributed by atoms with Crippen LogP contribution in [0.4, 0.5) is 17.1 Å². The van der Waals surface area contributed by atoms with Gasteiger partial charge in [0.25, 0.3) is 15.9 Å². The standard InChI is InChI=1S/C22H20ClN3O5S/c1-14(27)24-17-4-3-5-18(12-17)26-32(29,30)19-10-11-21(31-2)20(13-19)25-22(28)15-6-8-16(23)9-7-15/h3-13,26H,1-2H3,(H,24,27)(H,25,28). The average molecular weight is 474 g/mol. The zero-order valence-corrected chi connectivity index (χ0v) is 18.8. The van der Waals surface area contributed by atoms with Gasteiger partial charge in [0.15, 0.2) is 0 Å². The Labute approximate surface area is 190 Å². The first-order chi connectivity index (χ1) is 15.2. The molecule has 3 aromatic rings. The third-order valence-electron chi connectivity index (χ3n) is 4.27. The second-order valence-corrected chi connectivity index (χ2v) is 8.81. The number of hydrogen-bond donors (Lipinski definition) is 3. The number of carbonyl (C=O) groups is 2. The first kappa shape index (κ1) is 23.1. The normalized spacial score (nSPS) is 10.8. The Hall–Kier alpha value is -3.56. The predicted molar refractivity (Wildman–Crippen MR) is 124 cm³/mol. The van der Waals surface area contributed by atoms with Crippen molar-refractivity contribution in [3.63, 3.8) is 0 Å². The number of ether oxygens (including phenoxy) is 1. The maximum Gasteiger partial charge on any atom is 0.261 e. The summed E-state index contributed by atoms with van der Waals surface area (Å²) in [6, 6.07) is 16.6. The maximum absolute atomic E-state index is 12.9. The van der Waals surface area contributed by atoms with Crippen LogP contribution in [0, 0.1) is 0 Å². The number of carbonyl (C=O) groups excluding carboxylic acids is 2. The van der Waals surface area contributed by atoms with Crippen molar-refractivity contribution in [3.8, 4) is 5.75 Å². The minimum absolute atomic E-state index is 0.0883. The van der Waals surface area contributed by atoms with Crippen LogP contribution in [0.2, 0.25) is 5.02 Å². The van der Waals surface area contributed by atoms with Crippen LogP contribution in [0.5, 0.6) is 5.75 Å². The molecule has 0 aromatic heterocycles. The molecule has 32 heavy (non-hydrogen) atoms. The highest BCUT2D eigenvalue weighted by molar-refractivity contribution is 7.92. The molecule has 0 unspecified atom stereocenters. The van der Waals surface area contributed by atoms with E-state index in [2.05, 4.69) is 15.4 Å². The first-order valence-corrected chi connectivity index (χ1v) is 11.2. The molecule has 0 aliphatic rings. The van der Waals surface area contributed by atoms with Crippen molar-refractivity contribution in [1.82, 2.24) is 0 Å². The van der Waals surface area contributed by atoms with Crippen molar-refractivity contribution in [2.45, 2.75) is 11.8 Å². The van der Waals surface area contributed by atoms with Gasteiger partial charge in [0.2, 0.25) is 5.91 Å². The number of sulfonamides is 1. The van der Waals surface area contributed by atoms with Crippen LogP contribution in [-0.4, -0.2) is 27.3 Å². The molecule has 0 saturated carbocycles. The van der Waals surface area contributed by atoms with Crippen molar-refractivity contribution >= 4 is 50.5 Å². The molecule has 0 atom stereocenters. The van der Waals surface area contributed by atoms with Crippen molar-refractivity contribution < 1.29 is 22.7 Å². The molecular weight excluding hydrogens is 454 g/mol. The Balaban J connectivity index is 1.87. The highest BCUT2D eigenvalue weighted by Gasteiger charge is 2.18. The number of rotatable bonds is 7. The van der Waals surface area contributed by atoms with Crippen molar-refractivity contribution in [1.29, 1.82) is 0 Å². The largest absolute Gasteiger partial charge is 0.495 e. The Bertz CT molecular complexity index is 1260. The molecule has 0 heterocycles. The number of methoxy groups -OCH3 is 1. The van der Waals surface area contributed by atoms with Gasteiger partial charge in [-0.05, 0) is 60.7 Å². The van der Waals surface area contributed by atoms with Crippen LogP contribution in [0.25, 0.3) is 0 Å². The summed E-state index contributed by atoms with van der Waals surface area (Å²) in [5.41, 5.74) is 1.24. The second-order valence-electron chi connectivity index (χ2n) is 6.69. The number of halogens is 1. The number of amides is 2. The predicted octanol–water partition coefficient (Wildman–Crippen LogP) is 4.36. The van der Waals surface area contributed by atoms with Gasteiger partial charge >= 0.3 is 0 Å². The first-order valence-electron chi connectivity index (χ1n) is 9.33. The van der Waals surface area contributed by atoms with Gasteiger partial charge in [-0.25, -0.2) is 8.42 Å². The van der Waals surface area contributed by atoms with E-state index in [0.29, 0.717) is 22.0 Å². The fourth-order valence-corrected chi connectivity index (χ4v) is 4.03. The monoisotopic (exact) mass is 473 g/mol. The number of nitrogens with one attached hydrogen (secondary N) is 3. The van der Waals surface area contributed by atoms with Crippen LogP contribution in [-0.2, 0) is 14.8 Å². The summed E-state index contributed by atoms with van der Waals surface area (Å²) in [4.78, 5) is 23.7. The highest BCUT2D eigenvalue weighted by atomic mass is 35.5. The van der Waals surface area contributed by atoms with E-state index in [1.54, 1.807) is 42.5 Å². The average Bonchev–Trinajstić information content (AvgIpc) is 2.73. The van der Waals surface area contributed by atoms with Gasteiger partial charge in [0.1, 0.15) is 5.75 Å².